The van der Waals surface area contributed by atoms with Crippen molar-refractivity contribution < 1.29 is 0 Å². The van der Waals surface area contributed by atoms with Gasteiger partial charge in [-0.1, -0.05) is 6.07 Å². The zero-order valence-corrected chi connectivity index (χ0v) is 12.6. The molecular weight excluding hydrogens is 264 g/mol. The number of nitrogens with one attached hydrogen (secondary N) is 1. The van der Waals surface area contributed by atoms with Crippen molar-refractivity contribution in [3.63, 3.8) is 0 Å². The minimum Gasteiger partial charge on any atom is -0.307 e. The number of pyridine rings is 1. The summed E-state index contributed by atoms with van der Waals surface area (Å²) in [6, 6.07) is 6.34. The molecule has 1 unspecified atom stereocenters. The first-order chi connectivity index (χ1) is 10.1. The van der Waals surface area contributed by atoms with Crippen LogP contribution in [0.2, 0.25) is 0 Å². The Hall–Kier alpha value is -2.21. The predicted octanol–water partition coefficient (Wildman–Crippen LogP) is 1.66. The number of hydrogen-bond donors (Lipinski definition) is 1. The van der Waals surface area contributed by atoms with E-state index in [9.17, 15) is 0 Å². The molecule has 3 rings (SSSR count). The highest BCUT2D eigenvalue weighted by Gasteiger charge is 2.10. The fourth-order valence-electron chi connectivity index (χ4n) is 2.52. The zero-order valence-electron chi connectivity index (χ0n) is 12.6. The van der Waals surface area contributed by atoms with Gasteiger partial charge in [0.15, 0.2) is 0 Å². The summed E-state index contributed by atoms with van der Waals surface area (Å²) in [5.74, 6) is 0.945. The van der Waals surface area contributed by atoms with Crippen LogP contribution in [0.15, 0.2) is 30.7 Å². The van der Waals surface area contributed by atoms with Crippen LogP contribution >= 0.6 is 0 Å². The van der Waals surface area contributed by atoms with E-state index in [1.165, 1.54) is 5.69 Å². The monoisotopic (exact) mass is 284 g/mol. The van der Waals surface area contributed by atoms with Gasteiger partial charge in [0.25, 0.3) is 0 Å². The number of aryl methyl sites for hydroxylation is 2. The number of nitrogens with zero attached hydrogens (tertiary/aromatic N) is 5. The Morgan fingerprint density at radius 3 is 2.90 bits per heavy atom. The summed E-state index contributed by atoms with van der Waals surface area (Å²) in [7, 11) is 1.91. The van der Waals surface area contributed by atoms with Crippen molar-refractivity contribution in [2.45, 2.75) is 26.3 Å². The lowest BCUT2D eigenvalue weighted by molar-refractivity contribution is 0.519. The molecule has 0 radical (unpaired) electrons. The lowest BCUT2D eigenvalue weighted by atomic mass is 10.2. The summed E-state index contributed by atoms with van der Waals surface area (Å²) in [5, 5.41) is 7.55. The van der Waals surface area contributed by atoms with Crippen molar-refractivity contribution in [2.24, 2.45) is 7.05 Å². The third kappa shape index (κ3) is 2.80. The average Bonchev–Trinajstić information content (AvgIpc) is 3.05. The molecule has 110 valence electrons. The normalized spacial score (nSPS) is 12.9. The highest BCUT2D eigenvalue weighted by molar-refractivity contribution is 5.41. The van der Waals surface area contributed by atoms with Crippen LogP contribution in [-0.2, 0) is 13.5 Å². The van der Waals surface area contributed by atoms with E-state index in [0.717, 1.165) is 30.1 Å². The Morgan fingerprint density at radius 2 is 2.19 bits per heavy atom. The lowest BCUT2D eigenvalue weighted by Crippen LogP contribution is -2.24. The van der Waals surface area contributed by atoms with E-state index in [2.05, 4.69) is 50.9 Å². The maximum Gasteiger partial charge on any atom is 0.143 e. The van der Waals surface area contributed by atoms with Crippen LogP contribution < -0.4 is 5.32 Å². The van der Waals surface area contributed by atoms with Crippen molar-refractivity contribution in [3.8, 4) is 0 Å². The van der Waals surface area contributed by atoms with Crippen LogP contribution in [-0.4, -0.2) is 30.7 Å². The van der Waals surface area contributed by atoms with Crippen molar-refractivity contribution >= 4 is 5.65 Å². The van der Waals surface area contributed by atoms with Gasteiger partial charge in [-0.05, 0) is 26.0 Å². The Balaban J connectivity index is 1.62. The van der Waals surface area contributed by atoms with Crippen LogP contribution in [0, 0.1) is 6.92 Å². The molecule has 6 nitrogen and oxygen atoms in total. The van der Waals surface area contributed by atoms with Gasteiger partial charge in [-0.15, -0.1) is 0 Å². The average molecular weight is 284 g/mol. The van der Waals surface area contributed by atoms with Crippen molar-refractivity contribution in [1.29, 1.82) is 0 Å². The molecule has 0 spiro atoms. The van der Waals surface area contributed by atoms with Crippen LogP contribution in [0.4, 0.5) is 0 Å². The van der Waals surface area contributed by atoms with Crippen molar-refractivity contribution in [1.82, 2.24) is 29.5 Å². The lowest BCUT2D eigenvalue weighted by Gasteiger charge is -2.11. The van der Waals surface area contributed by atoms with Crippen molar-refractivity contribution in [2.75, 3.05) is 6.54 Å². The molecule has 3 aromatic rings. The number of aromatic nitrogens is 5. The van der Waals surface area contributed by atoms with Gasteiger partial charge in [0.1, 0.15) is 17.8 Å². The third-order valence-corrected chi connectivity index (χ3v) is 3.71. The first kappa shape index (κ1) is 13.8. The molecule has 0 bridgehead atoms. The summed E-state index contributed by atoms with van der Waals surface area (Å²) >= 11 is 0. The first-order valence-corrected chi connectivity index (χ1v) is 7.16. The van der Waals surface area contributed by atoms with E-state index in [1.54, 1.807) is 11.0 Å². The third-order valence-electron chi connectivity index (χ3n) is 3.71. The topological polar surface area (TPSA) is 60.0 Å². The van der Waals surface area contributed by atoms with E-state index >= 15 is 0 Å². The van der Waals surface area contributed by atoms with Gasteiger partial charge < -0.3 is 9.72 Å². The number of imidazole rings is 1. The van der Waals surface area contributed by atoms with Crippen LogP contribution in [0.1, 0.15) is 30.2 Å². The molecule has 3 aromatic heterocycles. The molecule has 6 heteroatoms. The summed E-state index contributed by atoms with van der Waals surface area (Å²) < 4.78 is 3.92. The second-order valence-electron chi connectivity index (χ2n) is 5.30. The van der Waals surface area contributed by atoms with Gasteiger partial charge in [-0.25, -0.2) is 9.97 Å². The van der Waals surface area contributed by atoms with Gasteiger partial charge >= 0.3 is 0 Å². The van der Waals surface area contributed by atoms with Gasteiger partial charge in [-0.2, -0.15) is 5.10 Å². The summed E-state index contributed by atoms with van der Waals surface area (Å²) in [6.07, 6.45) is 4.58. The van der Waals surface area contributed by atoms with Crippen LogP contribution in [0.25, 0.3) is 5.65 Å². The minimum atomic E-state index is 0.177. The highest BCUT2D eigenvalue weighted by atomic mass is 15.3. The van der Waals surface area contributed by atoms with Crippen LogP contribution in [0.3, 0.4) is 0 Å². The zero-order chi connectivity index (χ0) is 14.8. The Bertz CT molecular complexity index is 742. The summed E-state index contributed by atoms with van der Waals surface area (Å²) in [6.45, 7) is 5.04. The molecule has 21 heavy (non-hydrogen) atoms. The second kappa shape index (κ2) is 5.65. The molecule has 1 N–H and O–H groups in total. The minimum absolute atomic E-state index is 0.177. The molecule has 1 atom stereocenters. The van der Waals surface area contributed by atoms with Gasteiger partial charge in [-0.3, -0.25) is 4.68 Å². The Morgan fingerprint density at radius 1 is 1.33 bits per heavy atom. The summed E-state index contributed by atoms with van der Waals surface area (Å²) in [5.41, 5.74) is 3.31. The highest BCUT2D eigenvalue weighted by Crippen LogP contribution is 2.10. The van der Waals surface area contributed by atoms with Gasteiger partial charge in [0, 0.05) is 31.9 Å². The maximum absolute atomic E-state index is 4.64. The van der Waals surface area contributed by atoms with Crippen LogP contribution in [0.5, 0.6) is 0 Å². The quantitative estimate of drug-likeness (QED) is 0.774. The molecule has 0 aliphatic heterocycles. The number of fused-ring (bicyclic) bond motifs is 1. The molecule has 3 heterocycles. The molecule has 0 amide bonds. The molecule has 0 fully saturated rings. The predicted molar refractivity (Wildman–Crippen MR) is 81.1 cm³/mol. The molecular formula is C15H20N6. The number of hydrogen-bond acceptors (Lipinski definition) is 4. The fourth-order valence-corrected chi connectivity index (χ4v) is 2.52. The van der Waals surface area contributed by atoms with E-state index in [4.69, 9.17) is 0 Å². The largest absolute Gasteiger partial charge is 0.307 e. The van der Waals surface area contributed by atoms with Gasteiger partial charge in [0.05, 0.1) is 11.7 Å². The van der Waals surface area contributed by atoms with E-state index < -0.39 is 0 Å². The Kier molecular flexibility index (Phi) is 3.70. The van der Waals surface area contributed by atoms with E-state index in [1.807, 2.05) is 19.2 Å². The SMILES string of the molecule is Cc1cccc2nc(CCNC(C)c3ncnn3C)cn12. The van der Waals surface area contributed by atoms with E-state index in [0.29, 0.717) is 0 Å². The standard InChI is InChI=1S/C15H20N6/c1-11-5-4-6-14-19-13(9-21(11)14)7-8-16-12(2)15-17-10-18-20(15)3/h4-6,9-10,12,16H,7-8H2,1-3H3. The molecule has 0 aliphatic carbocycles. The smallest absolute Gasteiger partial charge is 0.143 e. The molecule has 0 aromatic carbocycles. The second-order valence-corrected chi connectivity index (χ2v) is 5.30. The maximum atomic E-state index is 4.64. The molecule has 0 saturated carbocycles. The Labute approximate surface area is 123 Å². The summed E-state index contributed by atoms with van der Waals surface area (Å²) in [4.78, 5) is 8.90. The van der Waals surface area contributed by atoms with Gasteiger partial charge in [0.2, 0.25) is 0 Å². The number of rotatable bonds is 5. The molecule has 0 saturated heterocycles. The van der Waals surface area contributed by atoms with Crippen molar-refractivity contribution in [3.05, 3.63) is 47.9 Å². The van der Waals surface area contributed by atoms with E-state index in [-0.39, 0.29) is 6.04 Å². The fraction of sp³-hybridized carbons (Fsp3) is 0.400. The first-order valence-electron chi connectivity index (χ1n) is 7.16. The molecule has 0 aliphatic rings.